The molecule has 112 valence electrons. The predicted molar refractivity (Wildman–Crippen MR) is 71.5 cm³/mol. The Hall–Kier alpha value is -2.16. The molecule has 1 fully saturated rings. The van der Waals surface area contributed by atoms with Gasteiger partial charge >= 0.3 is 0 Å². The maximum atomic E-state index is 10.7. The normalized spacial score (nSPS) is 25.3. The van der Waals surface area contributed by atoms with E-state index in [-0.39, 0.29) is 18.7 Å². The van der Waals surface area contributed by atoms with Crippen molar-refractivity contribution in [2.24, 2.45) is 0 Å². The Balaban J connectivity index is 1.81. The molecule has 0 amide bonds. The maximum absolute atomic E-state index is 10.7. The molecule has 8 nitrogen and oxygen atoms in total. The molecule has 2 aromatic rings. The van der Waals surface area contributed by atoms with E-state index in [1.807, 2.05) is 0 Å². The number of hydrogen-bond donors (Lipinski definition) is 2. The lowest BCUT2D eigenvalue weighted by Gasteiger charge is -2.15. The first-order valence-electron chi connectivity index (χ1n) is 6.45. The molecule has 8 heteroatoms. The van der Waals surface area contributed by atoms with Crippen LogP contribution < -0.4 is 4.84 Å². The van der Waals surface area contributed by atoms with Gasteiger partial charge in [-0.3, -0.25) is 10.1 Å². The maximum Gasteiger partial charge on any atom is 0.270 e. The number of non-ortho nitro benzene ring substituents is 1. The fraction of sp³-hybridized carbons (Fsp3) is 0.385. The smallest absolute Gasteiger partial charge is 0.270 e. The Morgan fingerprint density at radius 1 is 1.48 bits per heavy atom. The van der Waals surface area contributed by atoms with Crippen molar-refractivity contribution in [2.45, 2.75) is 24.9 Å². The van der Waals surface area contributed by atoms with Crippen LogP contribution in [-0.4, -0.2) is 45.0 Å². The van der Waals surface area contributed by atoms with Crippen molar-refractivity contribution in [1.29, 1.82) is 0 Å². The highest BCUT2D eigenvalue weighted by molar-refractivity contribution is 5.82. The second kappa shape index (κ2) is 5.32. The van der Waals surface area contributed by atoms with E-state index < -0.39 is 23.4 Å². The Bertz CT molecular complexity index is 670. The molecule has 2 N–H and O–H groups in total. The van der Waals surface area contributed by atoms with Crippen LogP contribution in [0.3, 0.4) is 0 Å². The Labute approximate surface area is 119 Å². The summed E-state index contributed by atoms with van der Waals surface area (Å²) in [4.78, 5) is 15.9. The molecule has 0 saturated carbocycles. The topological polar surface area (TPSA) is 107 Å². The van der Waals surface area contributed by atoms with Crippen molar-refractivity contribution in [2.75, 3.05) is 6.61 Å². The van der Waals surface area contributed by atoms with Crippen molar-refractivity contribution < 1.29 is 24.7 Å². The molecule has 21 heavy (non-hydrogen) atoms. The summed E-state index contributed by atoms with van der Waals surface area (Å²) in [6.45, 7) is -0.278. The minimum atomic E-state index is -0.775. The molecule has 0 unspecified atom stereocenters. The molecule has 0 radical (unpaired) electrons. The molecule has 3 atom stereocenters. The van der Waals surface area contributed by atoms with Crippen LogP contribution in [0.4, 0.5) is 5.69 Å². The number of aliphatic hydroxyl groups excluding tert-OH is 2. The molecule has 0 bridgehead atoms. The SMILES string of the molecule is O=[N+]([O-])c1ccc2c(ccn2O[C@H]2C[C@H](O)[C@@H](CO)O2)c1. The molecule has 1 saturated heterocycles. The van der Waals surface area contributed by atoms with Crippen LogP contribution in [0, 0.1) is 10.1 Å². The number of nitro benzene ring substituents is 1. The highest BCUT2D eigenvalue weighted by atomic mass is 16.8. The van der Waals surface area contributed by atoms with E-state index in [0.29, 0.717) is 10.9 Å². The van der Waals surface area contributed by atoms with Crippen LogP contribution in [0.25, 0.3) is 10.9 Å². The van der Waals surface area contributed by atoms with Crippen molar-refractivity contribution >= 4 is 16.6 Å². The quantitative estimate of drug-likeness (QED) is 0.626. The van der Waals surface area contributed by atoms with E-state index in [1.165, 1.54) is 16.9 Å². The van der Waals surface area contributed by atoms with E-state index in [4.69, 9.17) is 14.7 Å². The van der Waals surface area contributed by atoms with Gasteiger partial charge in [0.25, 0.3) is 5.69 Å². The second-order valence-electron chi connectivity index (χ2n) is 4.84. The summed E-state index contributed by atoms with van der Waals surface area (Å²) in [5.41, 5.74) is 0.666. The van der Waals surface area contributed by atoms with Gasteiger partial charge in [0.1, 0.15) is 6.10 Å². The minimum Gasteiger partial charge on any atom is -0.394 e. The molecule has 1 aromatic carbocycles. The number of rotatable bonds is 4. The summed E-state index contributed by atoms with van der Waals surface area (Å²) in [6.07, 6.45) is -0.238. The number of hydrogen-bond acceptors (Lipinski definition) is 6. The summed E-state index contributed by atoms with van der Waals surface area (Å²) in [6, 6.07) is 6.12. The summed E-state index contributed by atoms with van der Waals surface area (Å²) < 4.78 is 6.80. The van der Waals surface area contributed by atoms with Crippen molar-refractivity contribution in [3.05, 3.63) is 40.6 Å². The Kier molecular flexibility index (Phi) is 3.50. The first kappa shape index (κ1) is 13.8. The molecule has 0 aliphatic carbocycles. The van der Waals surface area contributed by atoms with Crippen molar-refractivity contribution in [3.63, 3.8) is 0 Å². The van der Waals surface area contributed by atoms with Gasteiger partial charge in [-0.05, 0) is 12.1 Å². The number of benzene rings is 1. The fourth-order valence-electron chi connectivity index (χ4n) is 2.36. The summed E-state index contributed by atoms with van der Waals surface area (Å²) >= 11 is 0. The zero-order valence-corrected chi connectivity index (χ0v) is 11.0. The third-order valence-electron chi connectivity index (χ3n) is 3.45. The number of ether oxygens (including phenoxy) is 1. The highest BCUT2D eigenvalue weighted by Gasteiger charge is 2.35. The molecular weight excluding hydrogens is 280 g/mol. The van der Waals surface area contributed by atoms with Crippen molar-refractivity contribution in [1.82, 2.24) is 4.73 Å². The molecule has 0 spiro atoms. The lowest BCUT2D eigenvalue weighted by atomic mass is 10.2. The predicted octanol–water partition coefficient (Wildman–Crippen LogP) is 0.446. The van der Waals surface area contributed by atoms with E-state index in [0.717, 1.165) is 0 Å². The Morgan fingerprint density at radius 2 is 2.29 bits per heavy atom. The van der Waals surface area contributed by atoms with E-state index >= 15 is 0 Å². The number of nitrogens with zero attached hydrogens (tertiary/aromatic N) is 2. The number of aliphatic hydroxyl groups is 2. The average molecular weight is 294 g/mol. The lowest BCUT2D eigenvalue weighted by molar-refractivity contribution is -0.384. The highest BCUT2D eigenvalue weighted by Crippen LogP contribution is 2.24. The van der Waals surface area contributed by atoms with Gasteiger partial charge in [-0.15, -0.1) is 0 Å². The van der Waals surface area contributed by atoms with Gasteiger partial charge in [0.05, 0.1) is 23.2 Å². The number of nitro groups is 1. The van der Waals surface area contributed by atoms with Gasteiger partial charge in [-0.2, -0.15) is 4.73 Å². The zero-order valence-electron chi connectivity index (χ0n) is 11.0. The average Bonchev–Trinajstić information content (AvgIpc) is 3.02. The van der Waals surface area contributed by atoms with Crippen LogP contribution >= 0.6 is 0 Å². The first-order chi connectivity index (χ1) is 10.1. The molecule has 1 aliphatic heterocycles. The molecular formula is C13H14N2O6. The minimum absolute atomic E-state index is 0.00753. The largest absolute Gasteiger partial charge is 0.394 e. The first-order valence-corrected chi connectivity index (χ1v) is 6.45. The zero-order chi connectivity index (χ0) is 15.0. The molecule has 3 rings (SSSR count). The van der Waals surface area contributed by atoms with Gasteiger partial charge in [0, 0.05) is 30.1 Å². The van der Waals surface area contributed by atoms with E-state index in [2.05, 4.69) is 0 Å². The molecule has 2 heterocycles. The van der Waals surface area contributed by atoms with Crippen molar-refractivity contribution in [3.8, 4) is 0 Å². The van der Waals surface area contributed by atoms with Crippen LogP contribution in [0.15, 0.2) is 30.5 Å². The van der Waals surface area contributed by atoms with E-state index in [9.17, 15) is 15.2 Å². The van der Waals surface area contributed by atoms with Gasteiger partial charge in [-0.25, -0.2) is 0 Å². The van der Waals surface area contributed by atoms with Gasteiger partial charge in [-0.1, -0.05) is 0 Å². The number of aromatic nitrogens is 1. The van der Waals surface area contributed by atoms with Gasteiger partial charge in [0.2, 0.25) is 6.29 Å². The summed E-state index contributed by atoms with van der Waals surface area (Å²) in [5.74, 6) is 0. The van der Waals surface area contributed by atoms with Crippen LogP contribution in [0.2, 0.25) is 0 Å². The number of fused-ring (bicyclic) bond motifs is 1. The van der Waals surface area contributed by atoms with Crippen LogP contribution in [0.5, 0.6) is 0 Å². The lowest BCUT2D eigenvalue weighted by Crippen LogP contribution is -2.26. The van der Waals surface area contributed by atoms with Crippen LogP contribution in [-0.2, 0) is 4.74 Å². The molecule has 1 aromatic heterocycles. The standard InChI is InChI=1S/C13H14N2O6/c16-7-12-11(17)6-13(20-12)21-14-4-3-8-5-9(15(18)19)1-2-10(8)14/h1-5,11-13,16-17H,6-7H2/t11-,12+,13-/m0/s1. The van der Waals surface area contributed by atoms with Gasteiger partial charge in [0.15, 0.2) is 0 Å². The van der Waals surface area contributed by atoms with Crippen LogP contribution in [0.1, 0.15) is 6.42 Å². The summed E-state index contributed by atoms with van der Waals surface area (Å²) in [5, 5.41) is 30.1. The summed E-state index contributed by atoms with van der Waals surface area (Å²) in [7, 11) is 0. The molecule has 1 aliphatic rings. The van der Waals surface area contributed by atoms with Gasteiger partial charge < -0.3 is 19.8 Å². The third kappa shape index (κ3) is 2.56. The van der Waals surface area contributed by atoms with E-state index in [1.54, 1.807) is 18.3 Å². The fourth-order valence-corrected chi connectivity index (χ4v) is 2.36. The third-order valence-corrected chi connectivity index (χ3v) is 3.45. The monoisotopic (exact) mass is 294 g/mol. The second-order valence-corrected chi connectivity index (χ2v) is 4.84. The Morgan fingerprint density at radius 3 is 2.95 bits per heavy atom.